The van der Waals surface area contributed by atoms with E-state index < -0.39 is 29.4 Å². The van der Waals surface area contributed by atoms with Crippen molar-refractivity contribution in [2.45, 2.75) is 64.1 Å². The number of fused-ring (bicyclic) bond motifs is 4. The van der Waals surface area contributed by atoms with E-state index in [2.05, 4.69) is 10.6 Å². The van der Waals surface area contributed by atoms with Gasteiger partial charge in [0.25, 0.3) is 0 Å². The number of aliphatic carboxylic acids is 1. The van der Waals surface area contributed by atoms with Gasteiger partial charge in [-0.2, -0.15) is 0 Å². The second-order valence-corrected chi connectivity index (χ2v) is 8.49. The number of nitrogens with zero attached hydrogens (tertiary/aromatic N) is 1. The van der Waals surface area contributed by atoms with Crippen molar-refractivity contribution in [3.05, 3.63) is 29.3 Å². The number of nitrogens with one attached hydrogen (secondary N) is 2. The van der Waals surface area contributed by atoms with Crippen molar-refractivity contribution in [2.75, 3.05) is 5.32 Å². The van der Waals surface area contributed by atoms with E-state index in [1.54, 1.807) is 0 Å². The highest BCUT2D eigenvalue weighted by atomic mass is 16.4. The minimum absolute atomic E-state index is 0.148. The molecule has 1 spiro atoms. The van der Waals surface area contributed by atoms with E-state index in [1.807, 2.05) is 39.0 Å². The topological polar surface area (TPSA) is 116 Å². The number of hydrogen-bond donors (Lipinski definition) is 3. The number of carbonyl (C=O) groups is 4. The Kier molecular flexibility index (Phi) is 4.92. The van der Waals surface area contributed by atoms with Crippen molar-refractivity contribution in [3.8, 4) is 0 Å². The van der Waals surface area contributed by atoms with Gasteiger partial charge >= 0.3 is 5.97 Å². The van der Waals surface area contributed by atoms with Gasteiger partial charge in [0.05, 0.1) is 11.8 Å². The molecular weight excluding hydrogens is 386 g/mol. The van der Waals surface area contributed by atoms with Crippen LogP contribution in [0.5, 0.6) is 0 Å². The molecular formula is C22H27N3O5. The monoisotopic (exact) mass is 413 g/mol. The number of amides is 3. The minimum atomic E-state index is -1.36. The number of carboxylic acid groups (broad SMARTS) is 1. The van der Waals surface area contributed by atoms with Crippen molar-refractivity contribution in [1.82, 2.24) is 10.2 Å². The molecule has 30 heavy (non-hydrogen) atoms. The molecule has 2 fully saturated rings. The molecule has 3 N–H and O–H groups in total. The molecule has 1 aromatic carbocycles. The zero-order chi connectivity index (χ0) is 21.8. The van der Waals surface area contributed by atoms with Crippen LogP contribution in [0.2, 0.25) is 0 Å². The Balaban J connectivity index is 1.85. The molecule has 5 atom stereocenters. The van der Waals surface area contributed by atoms with Crippen LogP contribution in [0.3, 0.4) is 0 Å². The van der Waals surface area contributed by atoms with Crippen LogP contribution in [-0.2, 0) is 31.1 Å². The summed E-state index contributed by atoms with van der Waals surface area (Å²) < 4.78 is 0. The van der Waals surface area contributed by atoms with E-state index in [0.717, 1.165) is 12.0 Å². The first-order valence-electron chi connectivity index (χ1n) is 10.6. The number of carboxylic acids is 1. The summed E-state index contributed by atoms with van der Waals surface area (Å²) in [7, 11) is 0. The van der Waals surface area contributed by atoms with Gasteiger partial charge in [0, 0.05) is 29.8 Å². The Hall–Kier alpha value is -2.74. The Bertz CT molecular complexity index is 945. The number of likely N-dealkylation sites (tertiary alicyclic amines) is 1. The fourth-order valence-corrected chi connectivity index (χ4v) is 5.24. The molecule has 3 amide bonds. The number of carbonyl (C=O) groups excluding carboxylic acids is 3. The molecule has 0 aromatic heterocycles. The van der Waals surface area contributed by atoms with Crippen LogP contribution in [0.25, 0.3) is 0 Å². The van der Waals surface area contributed by atoms with E-state index in [9.17, 15) is 24.3 Å². The Morgan fingerprint density at radius 1 is 1.23 bits per heavy atom. The first-order chi connectivity index (χ1) is 14.3. The average molecular weight is 413 g/mol. The lowest BCUT2D eigenvalue weighted by Gasteiger charge is -2.31. The zero-order valence-electron chi connectivity index (χ0n) is 17.4. The molecule has 0 bridgehead atoms. The summed E-state index contributed by atoms with van der Waals surface area (Å²) in [5.74, 6) is -3.64. The number of anilines is 1. The number of benzene rings is 1. The quantitative estimate of drug-likeness (QED) is 0.611. The molecule has 0 radical (unpaired) electrons. The summed E-state index contributed by atoms with van der Waals surface area (Å²) in [6.07, 6.45) is 1.40. The van der Waals surface area contributed by atoms with Gasteiger partial charge in [0.2, 0.25) is 17.7 Å². The van der Waals surface area contributed by atoms with Gasteiger partial charge in [-0.3, -0.25) is 29.4 Å². The summed E-state index contributed by atoms with van der Waals surface area (Å²) in [5, 5.41) is 15.3. The van der Waals surface area contributed by atoms with Gasteiger partial charge in [-0.15, -0.1) is 0 Å². The lowest BCUT2D eigenvalue weighted by atomic mass is 9.76. The molecule has 3 aliphatic heterocycles. The van der Waals surface area contributed by atoms with Gasteiger partial charge in [-0.1, -0.05) is 26.0 Å². The van der Waals surface area contributed by atoms with Gasteiger partial charge in [0.1, 0.15) is 5.54 Å². The summed E-state index contributed by atoms with van der Waals surface area (Å²) in [4.78, 5) is 52.6. The normalized spacial score (nSPS) is 30.6. The van der Waals surface area contributed by atoms with Crippen LogP contribution in [0, 0.1) is 11.8 Å². The number of hydrogen-bond acceptors (Lipinski definition) is 5. The molecule has 5 unspecified atom stereocenters. The van der Waals surface area contributed by atoms with E-state index in [-0.39, 0.29) is 36.6 Å². The largest absolute Gasteiger partial charge is 0.481 e. The fraction of sp³-hybridized carbons (Fsp3) is 0.545. The van der Waals surface area contributed by atoms with Crippen molar-refractivity contribution in [3.63, 3.8) is 0 Å². The predicted octanol–water partition coefficient (Wildman–Crippen LogP) is 1.63. The van der Waals surface area contributed by atoms with Gasteiger partial charge in [-0.25, -0.2) is 0 Å². The zero-order valence-corrected chi connectivity index (χ0v) is 17.4. The van der Waals surface area contributed by atoms with Gasteiger partial charge < -0.3 is 10.4 Å². The standard InChI is InChI=1S/C22H27N3O5/c1-4-11(3)25-19(28)17-15(8-9-16(26)27)24-22(18(17)20(25)29)13-10-12(5-2)6-7-14(13)23-21(22)30/h6-7,10-11,15,17-18,24H,4-5,8-9H2,1-3H3,(H,23,30)(H,26,27). The molecule has 3 heterocycles. The highest BCUT2D eigenvalue weighted by molar-refractivity contribution is 6.15. The van der Waals surface area contributed by atoms with Crippen molar-refractivity contribution < 1.29 is 24.3 Å². The first-order valence-corrected chi connectivity index (χ1v) is 10.6. The second-order valence-electron chi connectivity index (χ2n) is 8.49. The third kappa shape index (κ3) is 2.70. The maximum Gasteiger partial charge on any atom is 0.303 e. The molecule has 0 aliphatic carbocycles. The first kappa shape index (κ1) is 20.5. The molecule has 0 saturated carbocycles. The van der Waals surface area contributed by atoms with Gasteiger partial charge in [-0.05, 0) is 37.8 Å². The van der Waals surface area contributed by atoms with Crippen LogP contribution >= 0.6 is 0 Å². The molecule has 4 rings (SSSR count). The highest BCUT2D eigenvalue weighted by Gasteiger charge is 2.70. The number of imide groups is 1. The Morgan fingerprint density at radius 3 is 2.60 bits per heavy atom. The van der Waals surface area contributed by atoms with E-state index in [1.165, 1.54) is 4.90 Å². The molecule has 8 nitrogen and oxygen atoms in total. The van der Waals surface area contributed by atoms with Crippen LogP contribution in [0.15, 0.2) is 18.2 Å². The molecule has 160 valence electrons. The van der Waals surface area contributed by atoms with Crippen LogP contribution in [0.1, 0.15) is 51.2 Å². The molecule has 3 aliphatic rings. The van der Waals surface area contributed by atoms with Crippen molar-refractivity contribution >= 4 is 29.4 Å². The van der Waals surface area contributed by atoms with E-state index in [4.69, 9.17) is 0 Å². The van der Waals surface area contributed by atoms with E-state index >= 15 is 0 Å². The number of aryl methyl sites for hydroxylation is 1. The van der Waals surface area contributed by atoms with Gasteiger partial charge in [0.15, 0.2) is 0 Å². The summed E-state index contributed by atoms with van der Waals surface area (Å²) in [6.45, 7) is 5.73. The summed E-state index contributed by atoms with van der Waals surface area (Å²) in [6, 6.07) is 4.83. The molecule has 2 saturated heterocycles. The number of rotatable bonds is 6. The third-order valence-electron chi connectivity index (χ3n) is 6.92. The van der Waals surface area contributed by atoms with Crippen molar-refractivity contribution in [2.24, 2.45) is 11.8 Å². The third-order valence-corrected chi connectivity index (χ3v) is 6.92. The molecule has 8 heteroatoms. The second kappa shape index (κ2) is 7.19. The lowest BCUT2D eigenvalue weighted by molar-refractivity contribution is -0.145. The van der Waals surface area contributed by atoms with Crippen LogP contribution < -0.4 is 10.6 Å². The SMILES string of the molecule is CCc1ccc2c(c1)C1(NC(CCC(=O)O)C3C(=O)N(C(C)CC)C(=O)C31)C(=O)N2. The van der Waals surface area contributed by atoms with Crippen LogP contribution in [0.4, 0.5) is 5.69 Å². The van der Waals surface area contributed by atoms with E-state index in [0.29, 0.717) is 17.7 Å². The van der Waals surface area contributed by atoms with Crippen LogP contribution in [-0.4, -0.2) is 45.8 Å². The predicted molar refractivity (Wildman–Crippen MR) is 109 cm³/mol. The maximum absolute atomic E-state index is 13.5. The fourth-order valence-electron chi connectivity index (χ4n) is 5.24. The summed E-state index contributed by atoms with van der Waals surface area (Å²) >= 11 is 0. The van der Waals surface area contributed by atoms with Crippen molar-refractivity contribution in [1.29, 1.82) is 0 Å². The molecule has 1 aromatic rings. The average Bonchev–Trinajstić information content (AvgIpc) is 3.30. The Morgan fingerprint density at radius 2 is 1.97 bits per heavy atom. The highest BCUT2D eigenvalue weighted by Crippen LogP contribution is 2.54. The Labute approximate surface area is 175 Å². The lowest BCUT2D eigenvalue weighted by Crippen LogP contribution is -2.54. The minimum Gasteiger partial charge on any atom is -0.481 e. The summed E-state index contributed by atoms with van der Waals surface area (Å²) in [5.41, 5.74) is 0.965. The smallest absolute Gasteiger partial charge is 0.303 e. The maximum atomic E-state index is 13.5.